The zero-order valence-corrected chi connectivity index (χ0v) is 10.7. The van der Waals surface area contributed by atoms with Crippen molar-refractivity contribution in [2.75, 3.05) is 0 Å². The Kier molecular flexibility index (Phi) is 3.99. The predicted molar refractivity (Wildman–Crippen MR) is 68.4 cm³/mol. The summed E-state index contributed by atoms with van der Waals surface area (Å²) >= 11 is 5.77. The summed E-state index contributed by atoms with van der Waals surface area (Å²) in [5, 5.41) is -0.180. The number of halogens is 4. The van der Waals surface area contributed by atoms with E-state index in [4.69, 9.17) is 16.3 Å². The lowest BCUT2D eigenvalue weighted by Gasteiger charge is -2.12. The molecule has 0 saturated heterocycles. The number of alkyl halides is 3. The van der Waals surface area contributed by atoms with E-state index in [9.17, 15) is 18.0 Å². The Labute approximate surface area is 117 Å². The van der Waals surface area contributed by atoms with E-state index in [-0.39, 0.29) is 22.1 Å². The van der Waals surface area contributed by atoms with Crippen LogP contribution in [0.1, 0.15) is 15.9 Å². The Morgan fingerprint density at radius 3 is 2.35 bits per heavy atom. The number of benzene rings is 2. The molecule has 2 nitrogen and oxygen atoms in total. The maximum absolute atomic E-state index is 12.5. The molecule has 104 valence electrons. The van der Waals surface area contributed by atoms with Gasteiger partial charge in [-0.1, -0.05) is 23.7 Å². The first-order chi connectivity index (χ1) is 9.41. The maximum atomic E-state index is 12.5. The van der Waals surface area contributed by atoms with Crippen LogP contribution >= 0.6 is 11.6 Å². The first-order valence-electron chi connectivity index (χ1n) is 5.50. The van der Waals surface area contributed by atoms with Crippen molar-refractivity contribution in [2.24, 2.45) is 0 Å². The second-order valence-electron chi connectivity index (χ2n) is 3.90. The van der Waals surface area contributed by atoms with Gasteiger partial charge in [-0.2, -0.15) is 13.2 Å². The summed E-state index contributed by atoms with van der Waals surface area (Å²) < 4.78 is 42.9. The maximum Gasteiger partial charge on any atom is 0.416 e. The molecule has 6 heteroatoms. The highest BCUT2D eigenvalue weighted by molar-refractivity contribution is 6.32. The van der Waals surface area contributed by atoms with Gasteiger partial charge >= 0.3 is 6.18 Å². The van der Waals surface area contributed by atoms with Crippen molar-refractivity contribution in [1.82, 2.24) is 0 Å². The highest BCUT2D eigenvalue weighted by Gasteiger charge is 2.31. The van der Waals surface area contributed by atoms with Crippen molar-refractivity contribution in [3.8, 4) is 11.5 Å². The average Bonchev–Trinajstić information content (AvgIpc) is 2.40. The van der Waals surface area contributed by atoms with Crippen molar-refractivity contribution in [2.45, 2.75) is 6.18 Å². The SMILES string of the molecule is O=Cc1ccccc1Oc1ccc(C(F)(F)F)cc1Cl. The number of rotatable bonds is 3. The van der Waals surface area contributed by atoms with E-state index in [1.165, 1.54) is 12.1 Å². The highest BCUT2D eigenvalue weighted by atomic mass is 35.5. The molecule has 0 bridgehead atoms. The molecule has 0 aliphatic carbocycles. The second kappa shape index (κ2) is 5.54. The molecule has 0 N–H and O–H groups in total. The summed E-state index contributed by atoms with van der Waals surface area (Å²) in [5.41, 5.74) is -0.581. The molecule has 0 aliphatic rings. The van der Waals surface area contributed by atoms with Crippen LogP contribution in [0, 0.1) is 0 Å². The van der Waals surface area contributed by atoms with Crippen molar-refractivity contribution in [3.05, 3.63) is 58.6 Å². The minimum Gasteiger partial charge on any atom is -0.455 e. The summed E-state index contributed by atoms with van der Waals surface area (Å²) in [4.78, 5) is 10.8. The van der Waals surface area contributed by atoms with Gasteiger partial charge in [0.2, 0.25) is 0 Å². The third-order valence-corrected chi connectivity index (χ3v) is 2.82. The second-order valence-corrected chi connectivity index (χ2v) is 4.31. The normalized spacial score (nSPS) is 11.2. The number of para-hydroxylation sites is 1. The lowest BCUT2D eigenvalue weighted by Crippen LogP contribution is -2.04. The van der Waals surface area contributed by atoms with Crippen molar-refractivity contribution in [1.29, 1.82) is 0 Å². The molecule has 2 aromatic rings. The fourth-order valence-electron chi connectivity index (χ4n) is 1.55. The quantitative estimate of drug-likeness (QED) is 0.749. The van der Waals surface area contributed by atoms with Crippen molar-refractivity contribution >= 4 is 17.9 Å². The zero-order valence-electron chi connectivity index (χ0n) is 9.95. The van der Waals surface area contributed by atoms with Gasteiger partial charge in [0.05, 0.1) is 16.1 Å². The van der Waals surface area contributed by atoms with Crippen molar-refractivity contribution < 1.29 is 22.7 Å². The molecule has 0 heterocycles. The Morgan fingerprint density at radius 2 is 1.75 bits per heavy atom. The summed E-state index contributed by atoms with van der Waals surface area (Å²) in [7, 11) is 0. The first-order valence-corrected chi connectivity index (χ1v) is 5.88. The summed E-state index contributed by atoms with van der Waals surface area (Å²) in [6, 6.07) is 9.10. The van der Waals surface area contributed by atoms with Crippen LogP contribution in [0.2, 0.25) is 5.02 Å². The van der Waals surface area contributed by atoms with E-state index in [1.54, 1.807) is 12.1 Å². The van der Waals surface area contributed by atoms with Gasteiger partial charge < -0.3 is 4.74 Å². The highest BCUT2D eigenvalue weighted by Crippen LogP contribution is 2.36. The third kappa shape index (κ3) is 3.11. The fraction of sp³-hybridized carbons (Fsp3) is 0.0714. The van der Waals surface area contributed by atoms with E-state index in [1.807, 2.05) is 0 Å². The molecule has 0 radical (unpaired) electrons. The minimum atomic E-state index is -4.47. The monoisotopic (exact) mass is 300 g/mol. The van der Waals surface area contributed by atoms with Crippen LogP contribution in [-0.2, 0) is 6.18 Å². The molecule has 0 aromatic heterocycles. The number of carbonyl (C=O) groups excluding carboxylic acids is 1. The topological polar surface area (TPSA) is 26.3 Å². The van der Waals surface area contributed by atoms with Crippen LogP contribution in [0.4, 0.5) is 13.2 Å². The van der Waals surface area contributed by atoms with Gasteiger partial charge in [0, 0.05) is 0 Å². The molecular weight excluding hydrogens is 293 g/mol. The minimum absolute atomic E-state index is 0.0500. The molecule has 0 saturated carbocycles. The van der Waals surface area contributed by atoms with E-state index in [0.717, 1.165) is 18.2 Å². The van der Waals surface area contributed by atoms with Crippen LogP contribution in [0.5, 0.6) is 11.5 Å². The Morgan fingerprint density at radius 1 is 1.05 bits per heavy atom. The van der Waals surface area contributed by atoms with E-state index >= 15 is 0 Å². The van der Waals surface area contributed by atoms with E-state index < -0.39 is 11.7 Å². The van der Waals surface area contributed by atoms with Crippen LogP contribution in [0.3, 0.4) is 0 Å². The first kappa shape index (κ1) is 14.4. The Hall–Kier alpha value is -2.01. The van der Waals surface area contributed by atoms with Crippen LogP contribution in [0.15, 0.2) is 42.5 Å². The van der Waals surface area contributed by atoms with Gasteiger partial charge in [-0.05, 0) is 30.3 Å². The standard InChI is InChI=1S/C14H8ClF3O2/c15-11-7-10(14(16,17)18)5-6-13(11)20-12-4-2-1-3-9(12)8-19/h1-8H. The predicted octanol–water partition coefficient (Wildman–Crippen LogP) is 4.96. The van der Waals surface area contributed by atoms with Crippen LogP contribution in [0.25, 0.3) is 0 Å². The number of aldehydes is 1. The molecule has 0 atom stereocenters. The summed E-state index contributed by atoms with van der Waals surface area (Å²) in [6.07, 6.45) is -3.88. The lowest BCUT2D eigenvalue weighted by molar-refractivity contribution is -0.137. The Balaban J connectivity index is 2.33. The number of carbonyl (C=O) groups is 1. The van der Waals surface area contributed by atoms with Crippen LogP contribution in [-0.4, -0.2) is 6.29 Å². The molecule has 0 unspecified atom stereocenters. The van der Waals surface area contributed by atoms with Gasteiger partial charge in [0.25, 0.3) is 0 Å². The molecule has 20 heavy (non-hydrogen) atoms. The number of ether oxygens (including phenoxy) is 1. The van der Waals surface area contributed by atoms with Gasteiger partial charge in [-0.25, -0.2) is 0 Å². The van der Waals surface area contributed by atoms with E-state index in [2.05, 4.69) is 0 Å². The van der Waals surface area contributed by atoms with E-state index in [0.29, 0.717) is 6.29 Å². The van der Waals surface area contributed by atoms with Gasteiger partial charge in [0.15, 0.2) is 6.29 Å². The summed E-state index contributed by atoms with van der Waals surface area (Å²) in [6.45, 7) is 0. The van der Waals surface area contributed by atoms with Gasteiger partial charge in [0.1, 0.15) is 11.5 Å². The van der Waals surface area contributed by atoms with Crippen LogP contribution < -0.4 is 4.74 Å². The fourth-order valence-corrected chi connectivity index (χ4v) is 1.77. The summed E-state index contributed by atoms with van der Waals surface area (Å²) in [5.74, 6) is 0.276. The van der Waals surface area contributed by atoms with Gasteiger partial charge in [-0.15, -0.1) is 0 Å². The third-order valence-electron chi connectivity index (χ3n) is 2.53. The molecule has 0 fully saturated rings. The number of hydrogen-bond acceptors (Lipinski definition) is 2. The zero-order chi connectivity index (χ0) is 14.8. The van der Waals surface area contributed by atoms with Crippen molar-refractivity contribution in [3.63, 3.8) is 0 Å². The lowest BCUT2D eigenvalue weighted by atomic mass is 10.2. The molecular formula is C14H8ClF3O2. The number of hydrogen-bond donors (Lipinski definition) is 0. The Bertz CT molecular complexity index is 639. The smallest absolute Gasteiger partial charge is 0.416 e. The molecule has 0 spiro atoms. The average molecular weight is 301 g/mol. The van der Waals surface area contributed by atoms with Gasteiger partial charge in [-0.3, -0.25) is 4.79 Å². The molecule has 0 amide bonds. The molecule has 0 aliphatic heterocycles. The molecule has 2 rings (SSSR count). The molecule has 2 aromatic carbocycles. The largest absolute Gasteiger partial charge is 0.455 e.